The van der Waals surface area contributed by atoms with E-state index in [4.69, 9.17) is 0 Å². The first-order valence-corrected chi connectivity index (χ1v) is 6.61. The summed E-state index contributed by atoms with van der Waals surface area (Å²) in [5, 5.41) is 5.49. The average molecular weight is 320 g/mol. The SMILES string of the molecule is Cc1cccc(NC(=O)Nc2ncc(Br)cc2C)c1. The summed E-state index contributed by atoms with van der Waals surface area (Å²) in [4.78, 5) is 16.0. The van der Waals surface area contributed by atoms with Crippen molar-refractivity contribution in [3.63, 3.8) is 0 Å². The minimum atomic E-state index is -0.302. The van der Waals surface area contributed by atoms with Crippen LogP contribution >= 0.6 is 15.9 Å². The lowest BCUT2D eigenvalue weighted by Crippen LogP contribution is -2.20. The van der Waals surface area contributed by atoms with Gasteiger partial charge in [0.15, 0.2) is 0 Å². The van der Waals surface area contributed by atoms with Crippen molar-refractivity contribution in [1.29, 1.82) is 0 Å². The quantitative estimate of drug-likeness (QED) is 0.875. The number of aryl methyl sites for hydroxylation is 2. The van der Waals surface area contributed by atoms with Crippen LogP contribution in [0.4, 0.5) is 16.3 Å². The van der Waals surface area contributed by atoms with Gasteiger partial charge < -0.3 is 5.32 Å². The first-order chi connectivity index (χ1) is 9.04. The summed E-state index contributed by atoms with van der Waals surface area (Å²) in [5.74, 6) is 0.549. The number of urea groups is 1. The second kappa shape index (κ2) is 5.84. The van der Waals surface area contributed by atoms with Crippen LogP contribution in [-0.2, 0) is 0 Å². The van der Waals surface area contributed by atoms with Crippen LogP contribution in [-0.4, -0.2) is 11.0 Å². The second-order valence-corrected chi connectivity index (χ2v) is 5.18. The van der Waals surface area contributed by atoms with Crippen LogP contribution in [0.1, 0.15) is 11.1 Å². The monoisotopic (exact) mass is 319 g/mol. The van der Waals surface area contributed by atoms with Gasteiger partial charge in [-0.3, -0.25) is 5.32 Å². The Labute approximate surface area is 120 Å². The highest BCUT2D eigenvalue weighted by Gasteiger charge is 2.06. The van der Waals surface area contributed by atoms with Gasteiger partial charge in [-0.2, -0.15) is 0 Å². The molecular formula is C14H14BrN3O. The molecular weight excluding hydrogens is 306 g/mol. The molecule has 2 N–H and O–H groups in total. The van der Waals surface area contributed by atoms with Crippen molar-refractivity contribution < 1.29 is 4.79 Å². The number of anilines is 2. The third kappa shape index (κ3) is 3.79. The van der Waals surface area contributed by atoms with Gasteiger partial charge in [-0.05, 0) is 59.1 Å². The zero-order valence-corrected chi connectivity index (χ0v) is 12.3. The van der Waals surface area contributed by atoms with Gasteiger partial charge in [-0.1, -0.05) is 12.1 Å². The van der Waals surface area contributed by atoms with Gasteiger partial charge in [-0.15, -0.1) is 0 Å². The number of carbonyl (C=O) groups is 1. The van der Waals surface area contributed by atoms with Crippen LogP contribution in [0.15, 0.2) is 41.0 Å². The van der Waals surface area contributed by atoms with Crippen LogP contribution in [0.3, 0.4) is 0 Å². The third-order valence-corrected chi connectivity index (χ3v) is 2.99. The predicted molar refractivity (Wildman–Crippen MR) is 80.5 cm³/mol. The fourth-order valence-electron chi connectivity index (χ4n) is 1.66. The van der Waals surface area contributed by atoms with E-state index in [0.717, 1.165) is 21.3 Å². The highest BCUT2D eigenvalue weighted by Crippen LogP contribution is 2.17. The van der Waals surface area contributed by atoms with Gasteiger partial charge in [0.05, 0.1) is 0 Å². The molecule has 0 spiro atoms. The fraction of sp³-hybridized carbons (Fsp3) is 0.143. The minimum absolute atomic E-state index is 0.302. The largest absolute Gasteiger partial charge is 0.324 e. The van der Waals surface area contributed by atoms with Crippen LogP contribution in [0, 0.1) is 13.8 Å². The van der Waals surface area contributed by atoms with Crippen molar-refractivity contribution in [3.8, 4) is 0 Å². The van der Waals surface area contributed by atoms with Gasteiger partial charge in [0, 0.05) is 16.4 Å². The molecule has 0 saturated heterocycles. The lowest BCUT2D eigenvalue weighted by atomic mass is 10.2. The van der Waals surface area contributed by atoms with Crippen LogP contribution in [0.25, 0.3) is 0 Å². The van der Waals surface area contributed by atoms with E-state index in [0.29, 0.717) is 5.82 Å². The number of rotatable bonds is 2. The van der Waals surface area contributed by atoms with Crippen molar-refractivity contribution in [2.75, 3.05) is 10.6 Å². The van der Waals surface area contributed by atoms with Crippen LogP contribution < -0.4 is 10.6 Å². The topological polar surface area (TPSA) is 54.0 Å². The molecule has 0 aliphatic rings. The second-order valence-electron chi connectivity index (χ2n) is 4.27. The average Bonchev–Trinajstić information content (AvgIpc) is 2.33. The normalized spacial score (nSPS) is 10.1. The summed E-state index contributed by atoms with van der Waals surface area (Å²) in [6.45, 7) is 3.86. The van der Waals surface area contributed by atoms with E-state index in [2.05, 4.69) is 31.5 Å². The minimum Gasteiger partial charge on any atom is -0.308 e. The fourth-order valence-corrected chi connectivity index (χ4v) is 2.11. The third-order valence-electron chi connectivity index (χ3n) is 2.55. The summed E-state index contributed by atoms with van der Waals surface area (Å²) in [6, 6.07) is 9.21. The van der Waals surface area contributed by atoms with Gasteiger partial charge in [0.1, 0.15) is 5.82 Å². The number of aromatic nitrogens is 1. The molecule has 0 saturated carbocycles. The van der Waals surface area contributed by atoms with Crippen molar-refractivity contribution >= 4 is 33.5 Å². The smallest absolute Gasteiger partial charge is 0.308 e. The van der Waals surface area contributed by atoms with Crippen molar-refractivity contribution in [3.05, 3.63) is 52.1 Å². The highest BCUT2D eigenvalue weighted by atomic mass is 79.9. The van der Waals surface area contributed by atoms with Gasteiger partial charge in [-0.25, -0.2) is 9.78 Å². The molecule has 4 nitrogen and oxygen atoms in total. The molecule has 5 heteroatoms. The Kier molecular flexibility index (Phi) is 4.16. The molecule has 0 bridgehead atoms. The molecule has 1 heterocycles. The molecule has 2 rings (SSSR count). The maximum absolute atomic E-state index is 11.9. The number of nitrogens with one attached hydrogen (secondary N) is 2. The van der Waals surface area contributed by atoms with Crippen molar-refractivity contribution in [2.24, 2.45) is 0 Å². The number of halogens is 1. The highest BCUT2D eigenvalue weighted by molar-refractivity contribution is 9.10. The predicted octanol–water partition coefficient (Wildman–Crippen LogP) is 4.10. The number of benzene rings is 1. The van der Waals surface area contributed by atoms with Crippen LogP contribution in [0.2, 0.25) is 0 Å². The zero-order chi connectivity index (χ0) is 13.8. The molecule has 0 radical (unpaired) electrons. The number of hydrogen-bond acceptors (Lipinski definition) is 2. The summed E-state index contributed by atoms with van der Waals surface area (Å²) < 4.78 is 0.884. The summed E-state index contributed by atoms with van der Waals surface area (Å²) in [7, 11) is 0. The Balaban J connectivity index is 2.05. The summed E-state index contributed by atoms with van der Waals surface area (Å²) in [6.07, 6.45) is 1.65. The molecule has 0 aliphatic carbocycles. The number of carbonyl (C=O) groups excluding carboxylic acids is 1. The van der Waals surface area contributed by atoms with Crippen molar-refractivity contribution in [2.45, 2.75) is 13.8 Å². The molecule has 0 unspecified atom stereocenters. The Bertz CT molecular complexity index is 613. The van der Waals surface area contributed by atoms with E-state index in [9.17, 15) is 4.79 Å². The first-order valence-electron chi connectivity index (χ1n) is 5.81. The van der Waals surface area contributed by atoms with Crippen LogP contribution in [0.5, 0.6) is 0 Å². The molecule has 0 fully saturated rings. The van der Waals surface area contributed by atoms with E-state index >= 15 is 0 Å². The Morgan fingerprint density at radius 2 is 2.00 bits per heavy atom. The van der Waals surface area contributed by atoms with Crippen molar-refractivity contribution in [1.82, 2.24) is 4.98 Å². The molecule has 2 amide bonds. The van der Waals surface area contributed by atoms with Gasteiger partial charge >= 0.3 is 6.03 Å². The molecule has 0 atom stereocenters. The Morgan fingerprint density at radius 3 is 2.68 bits per heavy atom. The van der Waals surface area contributed by atoms with Gasteiger partial charge in [0.2, 0.25) is 0 Å². The molecule has 98 valence electrons. The summed E-state index contributed by atoms with van der Waals surface area (Å²) >= 11 is 3.33. The molecule has 1 aromatic heterocycles. The number of amides is 2. The molecule has 1 aromatic carbocycles. The van der Waals surface area contributed by atoms with E-state index < -0.39 is 0 Å². The summed E-state index contributed by atoms with van der Waals surface area (Å²) in [5.41, 5.74) is 2.75. The first kappa shape index (κ1) is 13.5. The van der Waals surface area contributed by atoms with E-state index in [1.165, 1.54) is 0 Å². The van der Waals surface area contributed by atoms with E-state index in [1.54, 1.807) is 6.20 Å². The maximum Gasteiger partial charge on any atom is 0.324 e. The van der Waals surface area contributed by atoms with Gasteiger partial charge in [0.25, 0.3) is 0 Å². The molecule has 19 heavy (non-hydrogen) atoms. The molecule has 0 aliphatic heterocycles. The lowest BCUT2D eigenvalue weighted by molar-refractivity contribution is 0.262. The number of hydrogen-bond donors (Lipinski definition) is 2. The zero-order valence-electron chi connectivity index (χ0n) is 10.7. The number of nitrogens with zero attached hydrogens (tertiary/aromatic N) is 1. The standard InChI is InChI=1S/C14H14BrN3O/c1-9-4-3-5-12(6-9)17-14(19)18-13-10(2)7-11(15)8-16-13/h3-8H,1-2H3,(H2,16,17,18,19). The lowest BCUT2D eigenvalue weighted by Gasteiger charge is -2.09. The number of pyridine rings is 1. The Hall–Kier alpha value is -1.88. The Morgan fingerprint density at radius 1 is 1.21 bits per heavy atom. The van der Waals surface area contributed by atoms with E-state index in [1.807, 2.05) is 44.2 Å². The molecule has 2 aromatic rings. The van der Waals surface area contributed by atoms with E-state index in [-0.39, 0.29) is 6.03 Å². The maximum atomic E-state index is 11.9.